The largest absolute Gasteiger partial charge is 0.368 e. The number of hydrogen-bond donors (Lipinski definition) is 2. The van der Waals surface area contributed by atoms with Gasteiger partial charge in [-0.25, -0.2) is 15.0 Å². The van der Waals surface area contributed by atoms with Crippen molar-refractivity contribution in [3.8, 4) is 0 Å². The lowest BCUT2D eigenvalue weighted by atomic mass is 9.70. The van der Waals surface area contributed by atoms with E-state index in [0.717, 1.165) is 39.0 Å². The zero-order valence-electron chi connectivity index (χ0n) is 15.5. The number of aliphatic imine (C=N–C) groups is 1. The fourth-order valence-electron chi connectivity index (χ4n) is 4.02. The molecule has 2 aliphatic rings. The molecule has 0 radical (unpaired) electrons. The van der Waals surface area contributed by atoms with Gasteiger partial charge in [-0.2, -0.15) is 0 Å². The minimum absolute atomic E-state index is 0.234. The summed E-state index contributed by atoms with van der Waals surface area (Å²) in [5.74, 6) is 0.000271. The van der Waals surface area contributed by atoms with Gasteiger partial charge in [0.2, 0.25) is 5.95 Å². The summed E-state index contributed by atoms with van der Waals surface area (Å²) in [6, 6.07) is 7.81. The molecule has 1 aliphatic heterocycles. The number of nitrogen functional groups attached to an aromatic ring is 1. The summed E-state index contributed by atoms with van der Waals surface area (Å²) >= 11 is 1.45. The lowest BCUT2D eigenvalue weighted by Gasteiger charge is -2.33. The maximum absolute atomic E-state index is 13.0. The second kappa shape index (κ2) is 5.93. The first kappa shape index (κ1) is 17.0. The molecule has 0 fully saturated rings. The number of carbonyl (C=O) groups excluding carboxylic acids is 1. The van der Waals surface area contributed by atoms with E-state index in [1.54, 1.807) is 6.20 Å². The number of fused-ring (bicyclic) bond motifs is 3. The zero-order valence-corrected chi connectivity index (χ0v) is 16.3. The molecule has 0 unspecified atom stereocenters. The number of para-hydroxylation sites is 1. The van der Waals surface area contributed by atoms with Gasteiger partial charge in [0.25, 0.3) is 5.91 Å². The molecule has 140 valence electrons. The Kier molecular flexibility index (Phi) is 3.60. The number of amides is 1. The van der Waals surface area contributed by atoms with E-state index >= 15 is 0 Å². The highest BCUT2D eigenvalue weighted by Crippen LogP contribution is 2.45. The molecule has 1 aromatic carbocycles. The fourth-order valence-corrected chi connectivity index (χ4v) is 4.89. The number of nitrogens with one attached hydrogen (secondary N) is 1. The Morgan fingerprint density at radius 3 is 2.89 bits per heavy atom. The van der Waals surface area contributed by atoms with Crippen LogP contribution in [0, 0.1) is 5.41 Å². The lowest BCUT2D eigenvalue weighted by molar-refractivity contribution is -0.110. The van der Waals surface area contributed by atoms with Crippen LogP contribution in [0.4, 0.5) is 11.1 Å². The number of thiazole rings is 1. The number of nitrogens with zero attached hydrogens (tertiary/aromatic N) is 4. The summed E-state index contributed by atoms with van der Waals surface area (Å²) in [7, 11) is 0. The van der Waals surface area contributed by atoms with Crippen molar-refractivity contribution in [1.82, 2.24) is 15.0 Å². The molecule has 3 aromatic rings. The molecule has 3 N–H and O–H groups in total. The second-order valence-corrected chi connectivity index (χ2v) is 8.65. The lowest BCUT2D eigenvalue weighted by Crippen LogP contribution is -2.33. The average molecular weight is 390 g/mol. The smallest absolute Gasteiger partial charge is 0.275 e. The average Bonchev–Trinajstić information content (AvgIpc) is 3.26. The summed E-state index contributed by atoms with van der Waals surface area (Å²) in [5, 5.41) is 3.50. The first-order valence-corrected chi connectivity index (χ1v) is 9.81. The topological polar surface area (TPSA) is 106 Å². The van der Waals surface area contributed by atoms with Gasteiger partial charge in [0.15, 0.2) is 5.13 Å². The van der Waals surface area contributed by atoms with Gasteiger partial charge in [0.1, 0.15) is 5.71 Å². The van der Waals surface area contributed by atoms with Crippen molar-refractivity contribution in [3.05, 3.63) is 47.3 Å². The number of nitrogens with two attached hydrogens (primary N) is 1. The molecule has 8 heteroatoms. The van der Waals surface area contributed by atoms with Gasteiger partial charge in [-0.05, 0) is 35.1 Å². The Hall–Kier alpha value is -3.13. The van der Waals surface area contributed by atoms with Crippen molar-refractivity contribution in [2.45, 2.75) is 20.3 Å². The predicted molar refractivity (Wildman–Crippen MR) is 111 cm³/mol. The van der Waals surface area contributed by atoms with Crippen molar-refractivity contribution in [1.29, 1.82) is 0 Å². The molecular weight excluding hydrogens is 372 g/mol. The number of rotatable bonds is 2. The molecule has 5 rings (SSSR count). The van der Waals surface area contributed by atoms with Crippen LogP contribution < -0.4 is 11.1 Å². The van der Waals surface area contributed by atoms with Crippen LogP contribution in [0.2, 0.25) is 0 Å². The molecule has 7 nitrogen and oxygen atoms in total. The molecule has 0 saturated carbocycles. The third-order valence-corrected chi connectivity index (χ3v) is 6.09. The van der Waals surface area contributed by atoms with Gasteiger partial charge in [-0.1, -0.05) is 37.3 Å². The van der Waals surface area contributed by atoms with E-state index in [9.17, 15) is 4.79 Å². The predicted octanol–water partition coefficient (Wildman–Crippen LogP) is 3.10. The van der Waals surface area contributed by atoms with E-state index in [-0.39, 0.29) is 17.3 Å². The first-order chi connectivity index (χ1) is 13.4. The van der Waals surface area contributed by atoms with Crippen LogP contribution in [0.25, 0.3) is 15.8 Å². The summed E-state index contributed by atoms with van der Waals surface area (Å²) in [4.78, 5) is 30.6. The number of benzene rings is 1. The van der Waals surface area contributed by atoms with Gasteiger partial charge in [0.05, 0.1) is 22.5 Å². The Morgan fingerprint density at radius 1 is 1.25 bits per heavy atom. The maximum Gasteiger partial charge on any atom is 0.275 e. The fraction of sp³-hybridized carbons (Fsp3) is 0.250. The summed E-state index contributed by atoms with van der Waals surface area (Å²) in [6.07, 6.45) is 2.51. The molecule has 3 heterocycles. The van der Waals surface area contributed by atoms with Gasteiger partial charge in [-0.15, -0.1) is 0 Å². The van der Waals surface area contributed by atoms with Gasteiger partial charge < -0.3 is 5.73 Å². The highest BCUT2D eigenvalue weighted by molar-refractivity contribution is 7.22. The molecule has 28 heavy (non-hydrogen) atoms. The Morgan fingerprint density at radius 2 is 2.07 bits per heavy atom. The minimum atomic E-state index is -0.248. The summed E-state index contributed by atoms with van der Waals surface area (Å²) < 4.78 is 1.03. The Bertz CT molecular complexity index is 1170. The van der Waals surface area contributed by atoms with Gasteiger partial charge in [0, 0.05) is 11.8 Å². The van der Waals surface area contributed by atoms with Crippen LogP contribution in [0.1, 0.15) is 25.1 Å². The molecular formula is C20H18N6OS. The summed E-state index contributed by atoms with van der Waals surface area (Å²) in [5.41, 5.74) is 10.6. The number of hydrogen-bond acceptors (Lipinski definition) is 7. The number of carbonyl (C=O) groups is 1. The first-order valence-electron chi connectivity index (χ1n) is 8.99. The van der Waals surface area contributed by atoms with E-state index in [0.29, 0.717) is 17.4 Å². The van der Waals surface area contributed by atoms with Crippen LogP contribution in [0.5, 0.6) is 0 Å². The van der Waals surface area contributed by atoms with E-state index in [1.807, 2.05) is 24.3 Å². The molecule has 0 spiro atoms. The third kappa shape index (κ3) is 2.60. The quantitative estimate of drug-likeness (QED) is 0.699. The van der Waals surface area contributed by atoms with Crippen LogP contribution >= 0.6 is 11.3 Å². The standard InChI is InChI=1S/C20H18N6OS/c1-20(2)7-10-8-23-18(21)25-15(10)11-9-22-16(14(11)20)17(27)26-19-24-12-5-3-4-6-13(12)28-19/h3-6,8H,7,9H2,1-2H3,(H2,21,23,25)(H,24,26,27). The second-order valence-electron chi connectivity index (χ2n) is 7.62. The summed E-state index contributed by atoms with van der Waals surface area (Å²) in [6.45, 7) is 4.66. The number of aromatic nitrogens is 3. The van der Waals surface area contributed by atoms with Crippen LogP contribution in [-0.2, 0) is 11.2 Å². The van der Waals surface area contributed by atoms with Crippen molar-refractivity contribution >= 4 is 49.8 Å². The Labute approximate surface area is 165 Å². The SMILES string of the molecule is CC1(C)Cc2cnc(N)nc2C2=C1C(C(=O)Nc1nc3ccccc3s1)=NC2. The van der Waals surface area contributed by atoms with E-state index in [4.69, 9.17) is 5.73 Å². The minimum Gasteiger partial charge on any atom is -0.368 e. The highest BCUT2D eigenvalue weighted by atomic mass is 32.1. The van der Waals surface area contributed by atoms with Gasteiger partial charge >= 0.3 is 0 Å². The third-order valence-electron chi connectivity index (χ3n) is 5.14. The van der Waals surface area contributed by atoms with Crippen LogP contribution in [0.3, 0.4) is 0 Å². The van der Waals surface area contributed by atoms with E-state index < -0.39 is 0 Å². The van der Waals surface area contributed by atoms with E-state index in [1.165, 1.54) is 11.3 Å². The molecule has 2 aromatic heterocycles. The molecule has 0 bridgehead atoms. The van der Waals surface area contributed by atoms with Crippen molar-refractivity contribution in [2.75, 3.05) is 17.6 Å². The van der Waals surface area contributed by atoms with Crippen molar-refractivity contribution in [3.63, 3.8) is 0 Å². The normalized spacial score (nSPS) is 17.3. The highest BCUT2D eigenvalue weighted by Gasteiger charge is 2.41. The van der Waals surface area contributed by atoms with Gasteiger partial charge in [-0.3, -0.25) is 15.1 Å². The van der Waals surface area contributed by atoms with E-state index in [2.05, 4.69) is 39.1 Å². The maximum atomic E-state index is 13.0. The monoisotopic (exact) mass is 390 g/mol. The molecule has 0 saturated heterocycles. The molecule has 0 atom stereocenters. The van der Waals surface area contributed by atoms with Crippen LogP contribution in [-0.4, -0.2) is 33.1 Å². The number of anilines is 2. The Balaban J connectivity index is 1.51. The zero-order chi connectivity index (χ0) is 19.5. The van der Waals surface area contributed by atoms with Crippen molar-refractivity contribution in [2.24, 2.45) is 10.4 Å². The molecule has 1 aliphatic carbocycles. The van der Waals surface area contributed by atoms with Crippen LogP contribution in [0.15, 0.2) is 41.0 Å². The van der Waals surface area contributed by atoms with Crippen molar-refractivity contribution < 1.29 is 4.79 Å². The molecule has 1 amide bonds.